The summed E-state index contributed by atoms with van der Waals surface area (Å²) in [6.45, 7) is 5.74. The van der Waals surface area contributed by atoms with Gasteiger partial charge >= 0.3 is 0 Å². The van der Waals surface area contributed by atoms with E-state index in [1.54, 1.807) is 6.33 Å². The Morgan fingerprint density at radius 1 is 1.25 bits per heavy atom. The smallest absolute Gasteiger partial charge is 0.137 e. The Morgan fingerprint density at radius 3 is 2.85 bits per heavy atom. The molecule has 0 radical (unpaired) electrons. The summed E-state index contributed by atoms with van der Waals surface area (Å²) in [7, 11) is 0. The highest BCUT2D eigenvalue weighted by atomic mass is 16.5. The van der Waals surface area contributed by atoms with Crippen molar-refractivity contribution in [2.75, 3.05) is 39.5 Å². The molecule has 0 amide bonds. The zero-order valence-corrected chi connectivity index (χ0v) is 12.0. The van der Waals surface area contributed by atoms with E-state index in [0.717, 1.165) is 58.7 Å². The van der Waals surface area contributed by atoms with E-state index >= 15 is 0 Å². The summed E-state index contributed by atoms with van der Waals surface area (Å²) in [6.07, 6.45) is 8.42. The predicted molar refractivity (Wildman–Crippen MR) is 74.5 cm³/mol. The summed E-state index contributed by atoms with van der Waals surface area (Å²) < 4.78 is 13.3. The minimum atomic E-state index is 0.341. The van der Waals surface area contributed by atoms with Crippen LogP contribution in [0.3, 0.4) is 0 Å². The van der Waals surface area contributed by atoms with Crippen molar-refractivity contribution in [1.82, 2.24) is 19.7 Å². The lowest BCUT2D eigenvalue weighted by Crippen LogP contribution is -2.37. The van der Waals surface area contributed by atoms with Gasteiger partial charge in [-0.15, -0.1) is 0 Å². The monoisotopic (exact) mass is 280 g/mol. The molecule has 112 valence electrons. The fourth-order valence-electron chi connectivity index (χ4n) is 3.00. The normalized spacial score (nSPS) is 25.3. The fourth-order valence-corrected chi connectivity index (χ4v) is 3.00. The van der Waals surface area contributed by atoms with Crippen LogP contribution in [0.4, 0.5) is 0 Å². The molecular weight excluding hydrogens is 256 g/mol. The lowest BCUT2D eigenvalue weighted by molar-refractivity contribution is 0.00800. The molecule has 2 fully saturated rings. The molecule has 6 heteroatoms. The van der Waals surface area contributed by atoms with Crippen molar-refractivity contribution in [1.29, 1.82) is 0 Å². The van der Waals surface area contributed by atoms with E-state index < -0.39 is 0 Å². The second-order valence-electron chi connectivity index (χ2n) is 5.66. The Bertz CT molecular complexity index is 371. The van der Waals surface area contributed by atoms with Gasteiger partial charge in [-0.2, -0.15) is 5.10 Å². The van der Waals surface area contributed by atoms with Crippen LogP contribution in [0, 0.1) is 0 Å². The van der Waals surface area contributed by atoms with Gasteiger partial charge in [-0.1, -0.05) is 0 Å². The maximum Gasteiger partial charge on any atom is 0.137 e. The molecule has 0 aromatic carbocycles. The largest absolute Gasteiger partial charge is 0.377 e. The van der Waals surface area contributed by atoms with Gasteiger partial charge in [-0.05, 0) is 25.7 Å². The molecule has 2 saturated heterocycles. The summed E-state index contributed by atoms with van der Waals surface area (Å²) in [5.74, 6) is 0. The molecule has 1 atom stereocenters. The molecule has 0 aliphatic carbocycles. The molecular formula is C14H24N4O2. The number of piperidine rings is 1. The molecule has 3 rings (SSSR count). The van der Waals surface area contributed by atoms with Gasteiger partial charge in [-0.3, -0.25) is 0 Å². The molecule has 6 nitrogen and oxygen atoms in total. The molecule has 2 aliphatic rings. The number of aromatic nitrogens is 3. The number of nitrogens with zero attached hydrogens (tertiary/aromatic N) is 4. The number of likely N-dealkylation sites (tertiary alicyclic amines) is 1. The van der Waals surface area contributed by atoms with E-state index in [-0.39, 0.29) is 0 Å². The molecule has 0 saturated carbocycles. The highest BCUT2D eigenvalue weighted by Crippen LogP contribution is 2.20. The third-order valence-electron chi connectivity index (χ3n) is 4.25. The van der Waals surface area contributed by atoms with Crippen molar-refractivity contribution in [3.05, 3.63) is 12.7 Å². The van der Waals surface area contributed by atoms with Gasteiger partial charge in [0.1, 0.15) is 12.7 Å². The lowest BCUT2D eigenvalue weighted by atomic mass is 10.1. The van der Waals surface area contributed by atoms with Crippen LogP contribution in [0.2, 0.25) is 0 Å². The number of rotatable bonds is 6. The summed E-state index contributed by atoms with van der Waals surface area (Å²) >= 11 is 0. The maximum atomic E-state index is 5.73. The van der Waals surface area contributed by atoms with E-state index in [2.05, 4.69) is 15.0 Å². The minimum absolute atomic E-state index is 0.341. The highest BCUT2D eigenvalue weighted by Gasteiger charge is 2.21. The van der Waals surface area contributed by atoms with E-state index in [1.165, 1.54) is 6.42 Å². The summed E-state index contributed by atoms with van der Waals surface area (Å²) in [5, 5.41) is 4.23. The van der Waals surface area contributed by atoms with Crippen LogP contribution < -0.4 is 0 Å². The summed E-state index contributed by atoms with van der Waals surface area (Å²) in [5.41, 5.74) is 0. The minimum Gasteiger partial charge on any atom is -0.377 e. The molecule has 2 aliphatic heterocycles. The highest BCUT2D eigenvalue weighted by molar-refractivity contribution is 4.77. The first-order valence-electron chi connectivity index (χ1n) is 7.67. The van der Waals surface area contributed by atoms with Crippen LogP contribution in [0.5, 0.6) is 0 Å². The Hall–Kier alpha value is -0.980. The zero-order chi connectivity index (χ0) is 13.6. The molecule has 1 aromatic rings. The Labute approximate surface area is 120 Å². The molecule has 0 N–H and O–H groups in total. The molecule has 20 heavy (non-hydrogen) atoms. The van der Waals surface area contributed by atoms with E-state index in [0.29, 0.717) is 12.1 Å². The third-order valence-corrected chi connectivity index (χ3v) is 4.25. The Balaban J connectivity index is 1.28. The van der Waals surface area contributed by atoms with Gasteiger partial charge in [0.05, 0.1) is 25.4 Å². The Kier molecular flexibility index (Phi) is 5.00. The standard InChI is InChI=1S/C14H24N4O2/c1-2-14(20-8-1)10-19-9-7-17-5-3-13(4-6-17)18-12-15-11-16-18/h11-14H,1-10H2. The van der Waals surface area contributed by atoms with Gasteiger partial charge in [0.2, 0.25) is 0 Å². The van der Waals surface area contributed by atoms with Crippen LogP contribution in [0.1, 0.15) is 31.7 Å². The quantitative estimate of drug-likeness (QED) is 0.731. The fraction of sp³-hybridized carbons (Fsp3) is 0.857. The van der Waals surface area contributed by atoms with Crippen molar-refractivity contribution in [2.24, 2.45) is 0 Å². The number of ether oxygens (including phenoxy) is 2. The molecule has 0 spiro atoms. The number of hydrogen-bond donors (Lipinski definition) is 0. The van der Waals surface area contributed by atoms with E-state index in [1.807, 2.05) is 11.0 Å². The van der Waals surface area contributed by atoms with Gasteiger partial charge in [0.25, 0.3) is 0 Å². The van der Waals surface area contributed by atoms with Gasteiger partial charge in [0.15, 0.2) is 0 Å². The molecule has 1 aromatic heterocycles. The van der Waals surface area contributed by atoms with Gasteiger partial charge in [0, 0.05) is 26.2 Å². The van der Waals surface area contributed by atoms with Crippen LogP contribution in [0.15, 0.2) is 12.7 Å². The van der Waals surface area contributed by atoms with Gasteiger partial charge in [-0.25, -0.2) is 9.67 Å². The lowest BCUT2D eigenvalue weighted by Gasteiger charge is -2.31. The van der Waals surface area contributed by atoms with Crippen molar-refractivity contribution in [3.8, 4) is 0 Å². The van der Waals surface area contributed by atoms with Crippen molar-refractivity contribution >= 4 is 0 Å². The topological polar surface area (TPSA) is 52.4 Å². The molecule has 0 bridgehead atoms. The van der Waals surface area contributed by atoms with Crippen LogP contribution in [-0.4, -0.2) is 65.2 Å². The average molecular weight is 280 g/mol. The van der Waals surface area contributed by atoms with Gasteiger partial charge < -0.3 is 14.4 Å². The predicted octanol–water partition coefficient (Wildman–Crippen LogP) is 1.11. The third kappa shape index (κ3) is 3.77. The molecule has 1 unspecified atom stereocenters. The van der Waals surface area contributed by atoms with Crippen molar-refractivity contribution in [2.45, 2.75) is 37.8 Å². The Morgan fingerprint density at radius 2 is 2.15 bits per heavy atom. The van der Waals surface area contributed by atoms with Crippen molar-refractivity contribution in [3.63, 3.8) is 0 Å². The average Bonchev–Trinajstić information content (AvgIpc) is 3.17. The summed E-state index contributed by atoms with van der Waals surface area (Å²) in [6, 6.07) is 0.515. The van der Waals surface area contributed by atoms with Crippen LogP contribution >= 0.6 is 0 Å². The zero-order valence-electron chi connectivity index (χ0n) is 12.0. The molecule has 3 heterocycles. The van der Waals surface area contributed by atoms with Crippen LogP contribution in [-0.2, 0) is 9.47 Å². The SMILES string of the molecule is c1ncn(C2CCN(CCOCC3CCCO3)CC2)n1. The first kappa shape index (κ1) is 14.0. The summed E-state index contributed by atoms with van der Waals surface area (Å²) in [4.78, 5) is 6.50. The van der Waals surface area contributed by atoms with Crippen molar-refractivity contribution < 1.29 is 9.47 Å². The number of hydrogen-bond acceptors (Lipinski definition) is 5. The first-order chi connectivity index (χ1) is 9.92. The maximum absolute atomic E-state index is 5.73. The van der Waals surface area contributed by atoms with E-state index in [4.69, 9.17) is 9.47 Å². The second kappa shape index (κ2) is 7.15. The first-order valence-corrected chi connectivity index (χ1v) is 7.67. The second-order valence-corrected chi connectivity index (χ2v) is 5.66. The van der Waals surface area contributed by atoms with E-state index in [9.17, 15) is 0 Å². The van der Waals surface area contributed by atoms with Crippen LogP contribution in [0.25, 0.3) is 0 Å².